The quantitative estimate of drug-likeness (QED) is 0.722. The van der Waals surface area contributed by atoms with Crippen molar-refractivity contribution in [2.45, 2.75) is 24.8 Å². The van der Waals surface area contributed by atoms with Crippen LogP contribution < -0.4 is 0 Å². The third-order valence-electron chi connectivity index (χ3n) is 3.83. The number of fused-ring (bicyclic) bond motifs is 1. The molecule has 19 heavy (non-hydrogen) atoms. The van der Waals surface area contributed by atoms with Gasteiger partial charge in [-0.15, -0.1) is 11.8 Å². The van der Waals surface area contributed by atoms with Crippen LogP contribution >= 0.6 is 11.8 Å². The largest absolute Gasteiger partial charge is 0.477 e. The van der Waals surface area contributed by atoms with Crippen molar-refractivity contribution in [1.29, 1.82) is 0 Å². The van der Waals surface area contributed by atoms with E-state index in [1.165, 1.54) is 16.7 Å². The van der Waals surface area contributed by atoms with Gasteiger partial charge < -0.3 is 14.9 Å². The zero-order valence-corrected chi connectivity index (χ0v) is 11.2. The molecule has 0 aromatic rings. The van der Waals surface area contributed by atoms with Crippen LogP contribution in [0.25, 0.3) is 0 Å². The molecule has 1 amide bonds. The lowest BCUT2D eigenvalue weighted by molar-refractivity contribution is -0.156. The molecule has 4 atom stereocenters. The minimum Gasteiger partial charge on any atom is -0.477 e. The number of hydrogen-bond donors (Lipinski definition) is 2. The molecule has 2 N–H and O–H groups in total. The monoisotopic (exact) mass is 285 g/mol. The van der Waals surface area contributed by atoms with Crippen LogP contribution in [-0.4, -0.2) is 51.7 Å². The van der Waals surface area contributed by atoms with Crippen molar-refractivity contribution in [3.05, 3.63) is 10.6 Å². The number of thioether (sulfide) groups is 1. The number of ether oxygens (including phenoxy) is 1. The lowest BCUT2D eigenvalue weighted by Crippen LogP contribution is -2.60. The number of carboxylic acid groups (broad SMARTS) is 1. The Morgan fingerprint density at radius 3 is 2.84 bits per heavy atom. The van der Waals surface area contributed by atoms with Gasteiger partial charge in [-0.2, -0.15) is 0 Å². The maximum absolute atomic E-state index is 12.0. The molecule has 2 fully saturated rings. The SMILES string of the molecule is CC(O)[C@@H]1C(=O)N2C(C(=O)O)=C([C@@H]3CCOC3)SC12. The molecule has 0 bridgehead atoms. The van der Waals surface area contributed by atoms with Gasteiger partial charge in [-0.05, 0) is 13.3 Å². The zero-order valence-electron chi connectivity index (χ0n) is 10.4. The third kappa shape index (κ3) is 1.79. The van der Waals surface area contributed by atoms with Crippen LogP contribution in [0.1, 0.15) is 13.3 Å². The highest BCUT2D eigenvalue weighted by Crippen LogP contribution is 2.53. The van der Waals surface area contributed by atoms with Crippen LogP contribution in [0.4, 0.5) is 0 Å². The van der Waals surface area contributed by atoms with Crippen LogP contribution in [0.5, 0.6) is 0 Å². The number of carbonyl (C=O) groups is 2. The first kappa shape index (κ1) is 13.0. The number of rotatable bonds is 3. The van der Waals surface area contributed by atoms with E-state index in [-0.39, 0.29) is 22.9 Å². The average Bonchev–Trinajstić information content (AvgIpc) is 2.92. The summed E-state index contributed by atoms with van der Waals surface area (Å²) in [7, 11) is 0. The lowest BCUT2D eigenvalue weighted by Gasteiger charge is -2.43. The van der Waals surface area contributed by atoms with E-state index < -0.39 is 18.0 Å². The van der Waals surface area contributed by atoms with Gasteiger partial charge in [-0.25, -0.2) is 4.79 Å². The van der Waals surface area contributed by atoms with E-state index >= 15 is 0 Å². The predicted molar refractivity (Wildman–Crippen MR) is 67.0 cm³/mol. The third-order valence-corrected chi connectivity index (χ3v) is 5.36. The van der Waals surface area contributed by atoms with Crippen molar-refractivity contribution in [2.75, 3.05) is 13.2 Å². The van der Waals surface area contributed by atoms with Crippen LogP contribution in [0.15, 0.2) is 10.6 Å². The molecular weight excluding hydrogens is 270 g/mol. The Labute approximate surface area is 114 Å². The van der Waals surface area contributed by atoms with Gasteiger partial charge in [0.25, 0.3) is 0 Å². The summed E-state index contributed by atoms with van der Waals surface area (Å²) in [5.74, 6) is -1.81. The summed E-state index contributed by atoms with van der Waals surface area (Å²) in [6.07, 6.45) is 0.0307. The number of nitrogens with zero attached hydrogens (tertiary/aromatic N) is 1. The van der Waals surface area contributed by atoms with Crippen molar-refractivity contribution in [3.8, 4) is 0 Å². The molecule has 104 valence electrons. The Hall–Kier alpha value is -1.05. The van der Waals surface area contributed by atoms with Gasteiger partial charge in [0.15, 0.2) is 0 Å². The maximum atomic E-state index is 12.0. The standard InChI is InChI=1S/C12H15NO5S/c1-5(14)7-10(15)13-8(12(16)17)9(19-11(7)13)6-2-3-18-4-6/h5-7,11,14H,2-4H2,1H3,(H,16,17)/t5?,6-,7-,11?/m1/s1. The number of aliphatic hydroxyl groups excluding tert-OH is 1. The average molecular weight is 285 g/mol. The van der Waals surface area contributed by atoms with Crippen LogP contribution in [-0.2, 0) is 14.3 Å². The lowest BCUT2D eigenvalue weighted by atomic mass is 9.92. The number of aliphatic hydroxyl groups is 1. The van der Waals surface area contributed by atoms with Gasteiger partial charge in [0.1, 0.15) is 11.1 Å². The minimum absolute atomic E-state index is 0.0594. The fraction of sp³-hybridized carbons (Fsp3) is 0.667. The van der Waals surface area contributed by atoms with Crippen molar-refractivity contribution >= 4 is 23.6 Å². The highest BCUT2D eigenvalue weighted by atomic mass is 32.2. The Bertz CT molecular complexity index is 469. The number of amides is 1. The molecule has 2 saturated heterocycles. The number of aliphatic carboxylic acids is 1. The number of carbonyl (C=O) groups excluding carboxylic acids is 1. The molecule has 0 aromatic heterocycles. The highest BCUT2D eigenvalue weighted by molar-refractivity contribution is 8.04. The summed E-state index contributed by atoms with van der Waals surface area (Å²) < 4.78 is 5.30. The summed E-state index contributed by atoms with van der Waals surface area (Å²) in [4.78, 5) is 25.4. The molecule has 3 rings (SSSR count). The molecule has 2 unspecified atom stereocenters. The van der Waals surface area contributed by atoms with Crippen molar-refractivity contribution < 1.29 is 24.5 Å². The topological polar surface area (TPSA) is 87.1 Å². The summed E-state index contributed by atoms with van der Waals surface area (Å²) in [6.45, 7) is 2.70. The summed E-state index contributed by atoms with van der Waals surface area (Å²) >= 11 is 1.40. The fourth-order valence-electron chi connectivity index (χ4n) is 2.84. The second-order valence-corrected chi connectivity index (χ2v) is 6.22. The van der Waals surface area contributed by atoms with Crippen molar-refractivity contribution in [2.24, 2.45) is 11.8 Å². The molecule has 0 radical (unpaired) electrons. The normalized spacial score (nSPS) is 35.4. The van der Waals surface area contributed by atoms with Gasteiger partial charge in [-0.1, -0.05) is 0 Å². The molecule has 0 saturated carbocycles. The molecule has 7 heteroatoms. The fourth-order valence-corrected chi connectivity index (χ4v) is 4.58. The Morgan fingerprint density at radius 1 is 1.58 bits per heavy atom. The number of β-lactam (4-membered cyclic amide) rings is 1. The molecule has 0 spiro atoms. The van der Waals surface area contributed by atoms with E-state index in [1.54, 1.807) is 6.92 Å². The number of hydrogen-bond acceptors (Lipinski definition) is 5. The molecular formula is C12H15NO5S. The molecule has 0 aliphatic carbocycles. The summed E-state index contributed by atoms with van der Waals surface area (Å²) in [5.41, 5.74) is 0.0902. The van der Waals surface area contributed by atoms with Gasteiger partial charge in [0.05, 0.1) is 18.6 Å². The molecule has 3 heterocycles. The predicted octanol–water partition coefficient (Wildman–Crippen LogP) is 0.231. The van der Waals surface area contributed by atoms with E-state index in [0.717, 1.165) is 11.3 Å². The van der Waals surface area contributed by atoms with E-state index in [4.69, 9.17) is 4.74 Å². The second-order valence-electron chi connectivity index (χ2n) is 5.06. The summed E-state index contributed by atoms with van der Waals surface area (Å²) in [6, 6.07) is 0. The Morgan fingerprint density at radius 2 is 2.32 bits per heavy atom. The van der Waals surface area contributed by atoms with E-state index in [2.05, 4.69) is 0 Å². The molecule has 6 nitrogen and oxygen atoms in total. The maximum Gasteiger partial charge on any atom is 0.353 e. The van der Waals surface area contributed by atoms with Gasteiger partial charge in [0.2, 0.25) is 5.91 Å². The molecule has 3 aliphatic rings. The van der Waals surface area contributed by atoms with Crippen LogP contribution in [0.2, 0.25) is 0 Å². The van der Waals surface area contributed by atoms with Crippen molar-refractivity contribution in [1.82, 2.24) is 4.90 Å². The van der Waals surface area contributed by atoms with Crippen LogP contribution in [0.3, 0.4) is 0 Å². The van der Waals surface area contributed by atoms with Gasteiger partial charge in [-0.3, -0.25) is 9.69 Å². The first-order valence-electron chi connectivity index (χ1n) is 6.25. The molecule has 3 aliphatic heterocycles. The molecule has 0 aromatic carbocycles. The smallest absolute Gasteiger partial charge is 0.353 e. The summed E-state index contributed by atoms with van der Waals surface area (Å²) in [5, 5.41) is 18.7. The highest BCUT2D eigenvalue weighted by Gasteiger charge is 2.58. The van der Waals surface area contributed by atoms with E-state index in [9.17, 15) is 19.8 Å². The van der Waals surface area contributed by atoms with Gasteiger partial charge >= 0.3 is 5.97 Å². The second kappa shape index (κ2) is 4.50. The Balaban J connectivity index is 1.91. The van der Waals surface area contributed by atoms with Crippen molar-refractivity contribution in [3.63, 3.8) is 0 Å². The Kier molecular flexibility index (Phi) is 3.07. The first-order valence-corrected chi connectivity index (χ1v) is 7.13. The minimum atomic E-state index is -1.07. The van der Waals surface area contributed by atoms with Crippen LogP contribution in [0, 0.1) is 11.8 Å². The van der Waals surface area contributed by atoms with E-state index in [1.807, 2.05) is 0 Å². The first-order chi connectivity index (χ1) is 9.02. The number of carboxylic acids is 1. The zero-order chi connectivity index (χ0) is 13.7. The van der Waals surface area contributed by atoms with E-state index in [0.29, 0.717) is 13.2 Å². The van der Waals surface area contributed by atoms with Gasteiger partial charge in [0, 0.05) is 17.4 Å².